The summed E-state index contributed by atoms with van der Waals surface area (Å²) in [6, 6.07) is 10.9. The second-order valence-electron chi connectivity index (χ2n) is 4.05. The molecule has 0 atom stereocenters. The fourth-order valence-corrected chi connectivity index (χ4v) is 3.79. The van der Waals surface area contributed by atoms with Crippen molar-refractivity contribution in [1.82, 2.24) is 0 Å². The summed E-state index contributed by atoms with van der Waals surface area (Å²) in [5, 5.41) is 1.28. The summed E-state index contributed by atoms with van der Waals surface area (Å²) < 4.78 is 1.53. The van der Waals surface area contributed by atoms with E-state index in [1.54, 1.807) is 5.57 Å². The van der Waals surface area contributed by atoms with E-state index >= 15 is 0 Å². The van der Waals surface area contributed by atoms with E-state index < -0.39 is 0 Å². The van der Waals surface area contributed by atoms with E-state index in [0.717, 1.165) is 0 Å². The van der Waals surface area contributed by atoms with E-state index in [1.165, 1.54) is 41.9 Å². The van der Waals surface area contributed by atoms with Crippen LogP contribution in [0.15, 0.2) is 42.0 Å². The maximum absolute atomic E-state index is 2.51. The normalized spacial score (nSPS) is 16.4. The molecule has 0 amide bonds. The third kappa shape index (κ3) is 3.85. The minimum atomic E-state index is 0.645. The zero-order valence-corrected chi connectivity index (χ0v) is 10.8. The van der Waals surface area contributed by atoms with Crippen LogP contribution in [-0.4, -0.2) is 15.0 Å². The van der Waals surface area contributed by atoms with Gasteiger partial charge in [0.2, 0.25) is 0 Å². The van der Waals surface area contributed by atoms with Crippen molar-refractivity contribution < 1.29 is 0 Å². The molecule has 1 heteroatoms. The van der Waals surface area contributed by atoms with Crippen molar-refractivity contribution in [3.8, 4) is 0 Å². The number of benzene rings is 1. The Bertz CT molecular complexity index is 305. The standard InChI is InChI=1S/C14H18Se/c1-3-7-13(8-4-1)11-12-15-14-9-5-2-6-10-14/h2,5-6,9-11H,1,3-4,7-8,12H2. The van der Waals surface area contributed by atoms with Gasteiger partial charge in [0.25, 0.3) is 0 Å². The quantitative estimate of drug-likeness (QED) is 0.581. The molecule has 0 aliphatic heterocycles. The second-order valence-corrected chi connectivity index (χ2v) is 6.34. The van der Waals surface area contributed by atoms with Crippen LogP contribution in [0.3, 0.4) is 0 Å². The molecule has 0 aromatic heterocycles. The van der Waals surface area contributed by atoms with Crippen LogP contribution in [0.1, 0.15) is 32.1 Å². The third-order valence-corrected chi connectivity index (χ3v) is 4.83. The molecule has 0 nitrogen and oxygen atoms in total. The van der Waals surface area contributed by atoms with Gasteiger partial charge >= 0.3 is 98.8 Å². The molecule has 0 radical (unpaired) electrons. The van der Waals surface area contributed by atoms with Crippen molar-refractivity contribution in [3.63, 3.8) is 0 Å². The molecule has 2 rings (SSSR count). The molecular formula is C14H18Se. The van der Waals surface area contributed by atoms with Crippen LogP contribution in [0.25, 0.3) is 0 Å². The van der Waals surface area contributed by atoms with E-state index in [4.69, 9.17) is 0 Å². The van der Waals surface area contributed by atoms with Crippen LogP contribution in [0, 0.1) is 0 Å². The maximum atomic E-state index is 2.51. The van der Waals surface area contributed by atoms with Gasteiger partial charge < -0.3 is 0 Å². The van der Waals surface area contributed by atoms with Gasteiger partial charge in [0, 0.05) is 0 Å². The second kappa shape index (κ2) is 6.15. The van der Waals surface area contributed by atoms with E-state index in [1.807, 2.05) is 0 Å². The Balaban J connectivity index is 1.78. The topological polar surface area (TPSA) is 0 Å². The first-order chi connectivity index (χ1) is 7.45. The summed E-state index contributed by atoms with van der Waals surface area (Å²) in [6.45, 7) is 0. The zero-order chi connectivity index (χ0) is 10.3. The molecule has 0 N–H and O–H groups in total. The average molecular weight is 265 g/mol. The fraction of sp³-hybridized carbons (Fsp3) is 0.429. The van der Waals surface area contributed by atoms with Gasteiger partial charge in [-0.1, -0.05) is 0 Å². The first kappa shape index (κ1) is 11.0. The molecule has 1 aromatic carbocycles. The summed E-state index contributed by atoms with van der Waals surface area (Å²) in [5.41, 5.74) is 1.72. The first-order valence-corrected chi connectivity index (χ1v) is 7.88. The van der Waals surface area contributed by atoms with Gasteiger partial charge in [0.15, 0.2) is 0 Å². The molecule has 0 unspecified atom stereocenters. The van der Waals surface area contributed by atoms with Crippen LogP contribution in [0.5, 0.6) is 0 Å². The van der Waals surface area contributed by atoms with Crippen LogP contribution in [0.4, 0.5) is 0 Å². The summed E-state index contributed by atoms with van der Waals surface area (Å²) in [4.78, 5) is 0. The van der Waals surface area contributed by atoms with Gasteiger partial charge in [-0.25, -0.2) is 0 Å². The Morgan fingerprint density at radius 1 is 1.00 bits per heavy atom. The molecule has 0 spiro atoms. The number of hydrogen-bond acceptors (Lipinski definition) is 0. The van der Waals surface area contributed by atoms with Crippen molar-refractivity contribution in [1.29, 1.82) is 0 Å². The molecule has 1 saturated carbocycles. The summed E-state index contributed by atoms with van der Waals surface area (Å²) in [7, 11) is 0. The third-order valence-electron chi connectivity index (χ3n) is 2.86. The van der Waals surface area contributed by atoms with Crippen molar-refractivity contribution in [2.45, 2.75) is 37.4 Å². The Labute approximate surface area is 98.9 Å². The Kier molecular flexibility index (Phi) is 4.50. The van der Waals surface area contributed by atoms with E-state index in [0.29, 0.717) is 15.0 Å². The van der Waals surface area contributed by atoms with Gasteiger partial charge in [-0.15, -0.1) is 0 Å². The summed E-state index contributed by atoms with van der Waals surface area (Å²) >= 11 is 0.645. The van der Waals surface area contributed by atoms with Crippen molar-refractivity contribution in [2.75, 3.05) is 0 Å². The Hall–Kier alpha value is -0.521. The SMILES string of the molecule is C(C[Se]c1ccccc1)=C1CCCCC1. The van der Waals surface area contributed by atoms with Gasteiger partial charge in [0.05, 0.1) is 0 Å². The molecule has 1 aromatic rings. The van der Waals surface area contributed by atoms with Crippen LogP contribution in [-0.2, 0) is 0 Å². The van der Waals surface area contributed by atoms with Gasteiger partial charge in [-0.05, 0) is 0 Å². The van der Waals surface area contributed by atoms with Crippen molar-refractivity contribution >= 4 is 19.4 Å². The van der Waals surface area contributed by atoms with E-state index in [9.17, 15) is 0 Å². The molecule has 0 bridgehead atoms. The van der Waals surface area contributed by atoms with E-state index in [-0.39, 0.29) is 0 Å². The molecule has 0 heterocycles. The molecule has 0 saturated heterocycles. The summed E-state index contributed by atoms with van der Waals surface area (Å²) in [5.74, 6) is 0. The fourth-order valence-electron chi connectivity index (χ4n) is 1.98. The minimum absolute atomic E-state index is 0.645. The van der Waals surface area contributed by atoms with Gasteiger partial charge in [-0.2, -0.15) is 0 Å². The van der Waals surface area contributed by atoms with Crippen LogP contribution in [0.2, 0.25) is 5.32 Å². The number of hydrogen-bond donors (Lipinski definition) is 0. The average Bonchev–Trinajstić information content (AvgIpc) is 2.32. The molecule has 1 fully saturated rings. The molecule has 1 aliphatic rings. The molecule has 80 valence electrons. The number of rotatable bonds is 3. The summed E-state index contributed by atoms with van der Waals surface area (Å²) in [6.07, 6.45) is 9.53. The first-order valence-electron chi connectivity index (χ1n) is 5.81. The van der Waals surface area contributed by atoms with Gasteiger partial charge in [-0.3, -0.25) is 0 Å². The number of allylic oxidation sites excluding steroid dienone is 2. The van der Waals surface area contributed by atoms with Crippen molar-refractivity contribution in [2.24, 2.45) is 0 Å². The Morgan fingerprint density at radius 2 is 1.73 bits per heavy atom. The van der Waals surface area contributed by atoms with Crippen molar-refractivity contribution in [3.05, 3.63) is 42.0 Å². The Morgan fingerprint density at radius 3 is 2.47 bits per heavy atom. The van der Waals surface area contributed by atoms with Gasteiger partial charge in [0.1, 0.15) is 0 Å². The monoisotopic (exact) mass is 266 g/mol. The van der Waals surface area contributed by atoms with Crippen LogP contribution >= 0.6 is 0 Å². The van der Waals surface area contributed by atoms with Crippen LogP contribution < -0.4 is 4.46 Å². The molecule has 15 heavy (non-hydrogen) atoms. The van der Waals surface area contributed by atoms with E-state index in [2.05, 4.69) is 36.4 Å². The predicted octanol–water partition coefficient (Wildman–Crippen LogP) is 3.32. The molecule has 1 aliphatic carbocycles. The molecular weight excluding hydrogens is 247 g/mol. The zero-order valence-electron chi connectivity index (χ0n) is 9.11. The predicted molar refractivity (Wildman–Crippen MR) is 67.8 cm³/mol.